The summed E-state index contributed by atoms with van der Waals surface area (Å²) in [6.45, 7) is 2.92. The Balaban J connectivity index is 1.92. The van der Waals surface area contributed by atoms with E-state index in [9.17, 15) is 22.8 Å². The molecule has 1 aliphatic rings. The summed E-state index contributed by atoms with van der Waals surface area (Å²) in [5.74, 6) is -3.06. The van der Waals surface area contributed by atoms with E-state index in [1.54, 1.807) is 4.57 Å². The molecule has 9 heteroatoms. The maximum Gasteiger partial charge on any atom is 0.283 e. The van der Waals surface area contributed by atoms with Crippen molar-refractivity contribution in [1.82, 2.24) is 14.9 Å². The number of hydrogen-bond donors (Lipinski definition) is 2. The van der Waals surface area contributed by atoms with Crippen molar-refractivity contribution in [3.05, 3.63) is 81.3 Å². The Labute approximate surface area is 164 Å². The van der Waals surface area contributed by atoms with E-state index in [0.717, 1.165) is 12.1 Å². The van der Waals surface area contributed by atoms with Crippen molar-refractivity contribution in [2.24, 2.45) is 0 Å². The first-order chi connectivity index (χ1) is 13.8. The molecule has 1 aromatic heterocycles. The first-order valence-electron chi connectivity index (χ1n) is 8.94. The Morgan fingerprint density at radius 3 is 2.76 bits per heavy atom. The van der Waals surface area contributed by atoms with Crippen LogP contribution in [0.2, 0.25) is 0 Å². The SMILES string of the molecule is C/C=C(/F)C(=O)N/C(C)=C/Nc1nc(=O)cc2n1C(c1ccc(F)cc1F)CC2. The third-order valence-corrected chi connectivity index (χ3v) is 4.55. The number of carbonyl (C=O) groups excluding carboxylic acids is 1. The number of halogens is 3. The van der Waals surface area contributed by atoms with Crippen LogP contribution < -0.4 is 16.2 Å². The quantitative estimate of drug-likeness (QED) is 0.750. The van der Waals surface area contributed by atoms with Crippen LogP contribution in [0.15, 0.2) is 52.9 Å². The van der Waals surface area contributed by atoms with E-state index in [4.69, 9.17) is 0 Å². The van der Waals surface area contributed by atoms with Crippen molar-refractivity contribution in [3.63, 3.8) is 0 Å². The minimum absolute atomic E-state index is 0.138. The number of anilines is 1. The summed E-state index contributed by atoms with van der Waals surface area (Å²) in [6.07, 6.45) is 3.41. The normalized spacial score (nSPS) is 16.5. The van der Waals surface area contributed by atoms with Gasteiger partial charge in [0.25, 0.3) is 11.5 Å². The highest BCUT2D eigenvalue weighted by Gasteiger charge is 2.28. The minimum atomic E-state index is -0.931. The Kier molecular flexibility index (Phi) is 5.86. The van der Waals surface area contributed by atoms with Gasteiger partial charge in [0, 0.05) is 35.3 Å². The third kappa shape index (κ3) is 4.39. The molecule has 2 aromatic rings. The summed E-state index contributed by atoms with van der Waals surface area (Å²) in [6, 6.07) is 4.24. The third-order valence-electron chi connectivity index (χ3n) is 4.55. The Hall–Kier alpha value is -3.36. The molecule has 1 aromatic carbocycles. The Morgan fingerprint density at radius 2 is 2.07 bits per heavy atom. The number of nitrogens with one attached hydrogen (secondary N) is 2. The highest BCUT2D eigenvalue weighted by Crippen LogP contribution is 2.35. The highest BCUT2D eigenvalue weighted by molar-refractivity contribution is 5.92. The number of rotatable bonds is 5. The van der Waals surface area contributed by atoms with Crippen LogP contribution in [0.3, 0.4) is 0 Å². The van der Waals surface area contributed by atoms with Gasteiger partial charge in [0.1, 0.15) is 11.6 Å². The number of fused-ring (bicyclic) bond motifs is 1. The van der Waals surface area contributed by atoms with Crippen molar-refractivity contribution < 1.29 is 18.0 Å². The zero-order chi connectivity index (χ0) is 21.1. The van der Waals surface area contributed by atoms with Crippen LogP contribution in [0.5, 0.6) is 0 Å². The number of aromatic nitrogens is 2. The summed E-state index contributed by atoms with van der Waals surface area (Å²) in [4.78, 5) is 27.4. The molecule has 1 aliphatic heterocycles. The van der Waals surface area contributed by atoms with E-state index in [1.807, 2.05) is 0 Å². The second kappa shape index (κ2) is 8.34. The van der Waals surface area contributed by atoms with Gasteiger partial charge in [0.2, 0.25) is 5.95 Å². The van der Waals surface area contributed by atoms with Crippen LogP contribution in [-0.4, -0.2) is 15.5 Å². The topological polar surface area (TPSA) is 76.0 Å². The molecule has 0 radical (unpaired) electrons. The molecule has 2 heterocycles. The number of amides is 1. The molecule has 29 heavy (non-hydrogen) atoms. The molecule has 0 saturated heterocycles. The lowest BCUT2D eigenvalue weighted by molar-refractivity contribution is -0.118. The Bertz CT molecular complexity index is 1080. The van der Waals surface area contributed by atoms with Crippen LogP contribution in [0.25, 0.3) is 0 Å². The van der Waals surface area contributed by atoms with E-state index in [2.05, 4.69) is 15.6 Å². The summed E-state index contributed by atoms with van der Waals surface area (Å²) < 4.78 is 42.5. The van der Waals surface area contributed by atoms with Crippen LogP contribution in [0, 0.1) is 11.6 Å². The smallest absolute Gasteiger partial charge is 0.283 e. The predicted molar refractivity (Wildman–Crippen MR) is 102 cm³/mol. The lowest BCUT2D eigenvalue weighted by Crippen LogP contribution is -2.23. The van der Waals surface area contributed by atoms with Crippen molar-refractivity contribution in [2.45, 2.75) is 32.7 Å². The Morgan fingerprint density at radius 1 is 1.31 bits per heavy atom. The fourth-order valence-electron chi connectivity index (χ4n) is 3.24. The van der Waals surface area contributed by atoms with Crippen molar-refractivity contribution in [2.75, 3.05) is 5.32 Å². The second-order valence-electron chi connectivity index (χ2n) is 6.56. The lowest BCUT2D eigenvalue weighted by Gasteiger charge is -2.20. The molecule has 1 atom stereocenters. The van der Waals surface area contributed by atoms with Gasteiger partial charge in [-0.3, -0.25) is 9.59 Å². The van der Waals surface area contributed by atoms with Crippen molar-refractivity contribution >= 4 is 11.9 Å². The van der Waals surface area contributed by atoms with E-state index >= 15 is 0 Å². The average molecular weight is 404 g/mol. The molecule has 0 spiro atoms. The number of aryl methyl sites for hydroxylation is 1. The van der Waals surface area contributed by atoms with Gasteiger partial charge in [-0.05, 0) is 38.8 Å². The molecular formula is C20H19F3N4O2. The zero-order valence-electron chi connectivity index (χ0n) is 15.8. The first-order valence-corrected chi connectivity index (χ1v) is 8.94. The molecule has 2 N–H and O–H groups in total. The number of allylic oxidation sites excluding steroid dienone is 2. The molecular weight excluding hydrogens is 385 g/mol. The molecule has 1 amide bonds. The second-order valence-corrected chi connectivity index (χ2v) is 6.56. The zero-order valence-corrected chi connectivity index (χ0v) is 15.8. The average Bonchev–Trinajstić information content (AvgIpc) is 3.08. The fraction of sp³-hybridized carbons (Fsp3) is 0.250. The minimum Gasteiger partial charge on any atom is -0.330 e. The monoisotopic (exact) mass is 404 g/mol. The highest BCUT2D eigenvalue weighted by atomic mass is 19.1. The van der Waals surface area contributed by atoms with Gasteiger partial charge in [-0.1, -0.05) is 6.07 Å². The van der Waals surface area contributed by atoms with Gasteiger partial charge < -0.3 is 15.2 Å². The van der Waals surface area contributed by atoms with Crippen LogP contribution in [-0.2, 0) is 11.2 Å². The molecule has 0 aliphatic carbocycles. The maximum atomic E-state index is 14.3. The van der Waals surface area contributed by atoms with Crippen molar-refractivity contribution in [3.8, 4) is 0 Å². The van der Waals surface area contributed by atoms with Crippen molar-refractivity contribution in [1.29, 1.82) is 0 Å². The largest absolute Gasteiger partial charge is 0.330 e. The predicted octanol–water partition coefficient (Wildman–Crippen LogP) is 3.32. The van der Waals surface area contributed by atoms with Crippen LogP contribution in [0.4, 0.5) is 19.1 Å². The molecule has 1 unspecified atom stereocenters. The summed E-state index contributed by atoms with van der Waals surface area (Å²) in [5.41, 5.74) is 0.732. The summed E-state index contributed by atoms with van der Waals surface area (Å²) in [5, 5.41) is 5.16. The molecule has 6 nitrogen and oxygen atoms in total. The molecule has 0 fully saturated rings. The molecule has 0 saturated carbocycles. The summed E-state index contributed by atoms with van der Waals surface area (Å²) in [7, 11) is 0. The molecule has 0 bridgehead atoms. The van der Waals surface area contributed by atoms with E-state index in [1.165, 1.54) is 38.2 Å². The van der Waals surface area contributed by atoms with Gasteiger partial charge in [-0.2, -0.15) is 4.98 Å². The summed E-state index contributed by atoms with van der Waals surface area (Å²) >= 11 is 0. The number of hydrogen-bond acceptors (Lipinski definition) is 4. The molecule has 152 valence electrons. The standard InChI is InChI=1S/C20H19F3N4O2/c1-3-15(22)19(29)25-11(2)10-24-20-26-18(28)9-13-5-7-17(27(13)20)14-6-4-12(21)8-16(14)23/h3-4,6,8-10,17H,5,7H2,1-2H3,(H,25,29)(H,24,26,28)/b11-10+,15-3+. The lowest BCUT2D eigenvalue weighted by atomic mass is 10.0. The van der Waals surface area contributed by atoms with Crippen LogP contribution in [0.1, 0.15) is 37.6 Å². The van der Waals surface area contributed by atoms with E-state index in [-0.39, 0.29) is 17.2 Å². The van der Waals surface area contributed by atoms with E-state index < -0.39 is 35.0 Å². The number of nitrogens with zero attached hydrogens (tertiary/aromatic N) is 2. The van der Waals surface area contributed by atoms with E-state index in [0.29, 0.717) is 18.5 Å². The molecule has 3 rings (SSSR count). The van der Waals surface area contributed by atoms with Gasteiger partial charge in [0.05, 0.1) is 6.04 Å². The van der Waals surface area contributed by atoms with Gasteiger partial charge in [-0.15, -0.1) is 0 Å². The number of carbonyl (C=O) groups is 1. The maximum absolute atomic E-state index is 14.3. The van der Waals surface area contributed by atoms with Gasteiger partial charge in [0.15, 0.2) is 5.83 Å². The van der Waals surface area contributed by atoms with Gasteiger partial charge in [-0.25, -0.2) is 13.2 Å². The van der Waals surface area contributed by atoms with Crippen LogP contribution >= 0.6 is 0 Å². The fourth-order valence-corrected chi connectivity index (χ4v) is 3.24. The number of benzene rings is 1. The van der Waals surface area contributed by atoms with Gasteiger partial charge >= 0.3 is 0 Å². The first kappa shape index (κ1) is 20.4.